The second-order valence-electron chi connectivity index (χ2n) is 4.51. The van der Waals surface area contributed by atoms with Crippen LogP contribution < -0.4 is 5.32 Å². The van der Waals surface area contributed by atoms with Gasteiger partial charge in [0, 0.05) is 11.9 Å². The van der Waals surface area contributed by atoms with E-state index < -0.39 is 5.97 Å². The number of anilines is 1. The SMILES string of the molecule is CCOC(=O)c1[nH]c(C)c(C(=O)Nc2ccccn2)c1C. The van der Waals surface area contributed by atoms with Gasteiger partial charge in [-0.25, -0.2) is 9.78 Å². The first kappa shape index (κ1) is 14.8. The number of H-pyrrole nitrogens is 1. The van der Waals surface area contributed by atoms with Gasteiger partial charge in [-0.2, -0.15) is 0 Å². The van der Waals surface area contributed by atoms with Gasteiger partial charge >= 0.3 is 5.97 Å². The highest BCUT2D eigenvalue weighted by molar-refractivity contribution is 6.07. The standard InChI is InChI=1S/C15H17N3O3/c1-4-21-15(20)13-9(2)12(10(3)17-13)14(19)18-11-7-5-6-8-16-11/h5-8,17H,4H2,1-3H3,(H,16,18,19). The number of hydrogen-bond donors (Lipinski definition) is 2. The van der Waals surface area contributed by atoms with E-state index in [9.17, 15) is 9.59 Å². The molecule has 2 N–H and O–H groups in total. The molecule has 0 atom stereocenters. The number of hydrogen-bond acceptors (Lipinski definition) is 4. The number of amides is 1. The monoisotopic (exact) mass is 287 g/mol. The average molecular weight is 287 g/mol. The molecule has 0 unspecified atom stereocenters. The van der Waals surface area contributed by atoms with Crippen LogP contribution in [0, 0.1) is 13.8 Å². The minimum atomic E-state index is -0.463. The molecular formula is C15H17N3O3. The largest absolute Gasteiger partial charge is 0.461 e. The lowest BCUT2D eigenvalue weighted by Gasteiger charge is -2.05. The molecule has 0 aliphatic carbocycles. The van der Waals surface area contributed by atoms with Crippen molar-refractivity contribution in [1.29, 1.82) is 0 Å². The van der Waals surface area contributed by atoms with E-state index in [1.807, 2.05) is 0 Å². The molecule has 1 amide bonds. The quantitative estimate of drug-likeness (QED) is 0.846. The van der Waals surface area contributed by atoms with E-state index in [-0.39, 0.29) is 12.5 Å². The van der Waals surface area contributed by atoms with E-state index in [4.69, 9.17) is 4.74 Å². The molecule has 2 heterocycles. The number of aryl methyl sites for hydroxylation is 1. The van der Waals surface area contributed by atoms with E-state index in [2.05, 4.69) is 15.3 Å². The van der Waals surface area contributed by atoms with Crippen LogP contribution in [-0.4, -0.2) is 28.5 Å². The summed E-state index contributed by atoms with van der Waals surface area (Å²) in [5.74, 6) is -0.314. The van der Waals surface area contributed by atoms with Crippen molar-refractivity contribution < 1.29 is 14.3 Å². The summed E-state index contributed by atoms with van der Waals surface area (Å²) < 4.78 is 4.96. The maximum absolute atomic E-state index is 12.3. The smallest absolute Gasteiger partial charge is 0.355 e. The highest BCUT2D eigenvalue weighted by atomic mass is 16.5. The van der Waals surface area contributed by atoms with Gasteiger partial charge in [0.05, 0.1) is 12.2 Å². The minimum absolute atomic E-state index is 0.284. The Morgan fingerprint density at radius 2 is 2.10 bits per heavy atom. The zero-order valence-electron chi connectivity index (χ0n) is 12.2. The highest BCUT2D eigenvalue weighted by Gasteiger charge is 2.22. The fourth-order valence-corrected chi connectivity index (χ4v) is 2.11. The molecule has 2 aromatic heterocycles. The lowest BCUT2D eigenvalue weighted by molar-refractivity contribution is 0.0519. The van der Waals surface area contributed by atoms with Crippen molar-refractivity contribution >= 4 is 17.7 Å². The molecule has 0 radical (unpaired) electrons. The summed E-state index contributed by atoms with van der Waals surface area (Å²) in [6.07, 6.45) is 1.59. The third kappa shape index (κ3) is 3.10. The third-order valence-electron chi connectivity index (χ3n) is 3.05. The zero-order chi connectivity index (χ0) is 15.4. The topological polar surface area (TPSA) is 84.1 Å². The van der Waals surface area contributed by atoms with Crippen molar-refractivity contribution in [2.24, 2.45) is 0 Å². The number of aromatic amines is 1. The summed E-state index contributed by atoms with van der Waals surface area (Å²) >= 11 is 0. The van der Waals surface area contributed by atoms with Crippen LogP contribution in [0.5, 0.6) is 0 Å². The number of ether oxygens (including phenoxy) is 1. The molecule has 0 aliphatic heterocycles. The number of pyridine rings is 1. The lowest BCUT2D eigenvalue weighted by atomic mass is 10.1. The van der Waals surface area contributed by atoms with Crippen LogP contribution in [0.2, 0.25) is 0 Å². The van der Waals surface area contributed by atoms with Crippen molar-refractivity contribution in [1.82, 2.24) is 9.97 Å². The zero-order valence-corrected chi connectivity index (χ0v) is 12.2. The van der Waals surface area contributed by atoms with E-state index >= 15 is 0 Å². The van der Waals surface area contributed by atoms with Gasteiger partial charge in [0.2, 0.25) is 0 Å². The van der Waals surface area contributed by atoms with Gasteiger partial charge in [0.1, 0.15) is 11.5 Å². The number of nitrogens with one attached hydrogen (secondary N) is 2. The number of carbonyl (C=O) groups is 2. The van der Waals surface area contributed by atoms with Crippen molar-refractivity contribution in [2.45, 2.75) is 20.8 Å². The van der Waals surface area contributed by atoms with Gasteiger partial charge < -0.3 is 15.0 Å². The molecular weight excluding hydrogens is 270 g/mol. The van der Waals surface area contributed by atoms with Gasteiger partial charge in [-0.3, -0.25) is 4.79 Å². The second kappa shape index (κ2) is 6.21. The summed E-state index contributed by atoms with van der Waals surface area (Å²) in [5.41, 5.74) is 1.92. The average Bonchev–Trinajstić information content (AvgIpc) is 2.75. The Morgan fingerprint density at radius 1 is 1.33 bits per heavy atom. The maximum Gasteiger partial charge on any atom is 0.355 e. The summed E-state index contributed by atoms with van der Waals surface area (Å²) in [5, 5.41) is 2.70. The Kier molecular flexibility index (Phi) is 4.37. The van der Waals surface area contributed by atoms with Crippen molar-refractivity contribution in [3.05, 3.63) is 46.9 Å². The van der Waals surface area contributed by atoms with E-state index in [1.165, 1.54) is 0 Å². The first-order valence-electron chi connectivity index (χ1n) is 6.63. The number of esters is 1. The first-order chi connectivity index (χ1) is 10.0. The molecule has 6 nitrogen and oxygen atoms in total. The number of nitrogens with zero attached hydrogens (tertiary/aromatic N) is 1. The summed E-state index contributed by atoms with van der Waals surface area (Å²) in [6, 6.07) is 5.24. The maximum atomic E-state index is 12.3. The highest BCUT2D eigenvalue weighted by Crippen LogP contribution is 2.20. The number of carbonyl (C=O) groups excluding carboxylic acids is 2. The van der Waals surface area contributed by atoms with Crippen LogP contribution in [0.25, 0.3) is 0 Å². The third-order valence-corrected chi connectivity index (χ3v) is 3.05. The fraction of sp³-hybridized carbons (Fsp3) is 0.267. The second-order valence-corrected chi connectivity index (χ2v) is 4.51. The molecule has 110 valence electrons. The lowest BCUT2D eigenvalue weighted by Crippen LogP contribution is -2.15. The molecule has 0 fully saturated rings. The molecule has 0 saturated carbocycles. The van der Waals surface area contributed by atoms with Gasteiger partial charge in [0.25, 0.3) is 5.91 Å². The Bertz CT molecular complexity index is 662. The predicted octanol–water partition coefficient (Wildman–Crippen LogP) is 2.46. The normalized spacial score (nSPS) is 10.2. The van der Waals surface area contributed by atoms with Crippen LogP contribution in [-0.2, 0) is 4.74 Å². The summed E-state index contributed by atoms with van der Waals surface area (Å²) in [4.78, 5) is 31.1. The van der Waals surface area contributed by atoms with E-state index in [0.717, 1.165) is 0 Å². The summed E-state index contributed by atoms with van der Waals surface area (Å²) in [6.45, 7) is 5.47. The Labute approximate surface area is 122 Å². The van der Waals surface area contributed by atoms with Gasteiger partial charge in [-0.15, -0.1) is 0 Å². The molecule has 0 aromatic carbocycles. The Morgan fingerprint density at radius 3 is 2.71 bits per heavy atom. The van der Waals surface area contributed by atoms with E-state index in [0.29, 0.717) is 28.3 Å². The van der Waals surface area contributed by atoms with Crippen LogP contribution in [0.15, 0.2) is 24.4 Å². The van der Waals surface area contributed by atoms with Crippen molar-refractivity contribution in [3.63, 3.8) is 0 Å². The fourth-order valence-electron chi connectivity index (χ4n) is 2.11. The van der Waals surface area contributed by atoms with Gasteiger partial charge in [0.15, 0.2) is 0 Å². The number of rotatable bonds is 4. The summed E-state index contributed by atoms with van der Waals surface area (Å²) in [7, 11) is 0. The van der Waals surface area contributed by atoms with Crippen LogP contribution in [0.4, 0.5) is 5.82 Å². The minimum Gasteiger partial charge on any atom is -0.461 e. The molecule has 2 aromatic rings. The molecule has 0 bridgehead atoms. The van der Waals surface area contributed by atoms with E-state index in [1.54, 1.807) is 45.2 Å². The predicted molar refractivity (Wildman–Crippen MR) is 78.4 cm³/mol. The molecule has 2 rings (SSSR count). The van der Waals surface area contributed by atoms with Crippen molar-refractivity contribution in [3.8, 4) is 0 Å². The van der Waals surface area contributed by atoms with Crippen LogP contribution in [0.3, 0.4) is 0 Å². The van der Waals surface area contributed by atoms with Crippen molar-refractivity contribution in [2.75, 3.05) is 11.9 Å². The first-order valence-corrected chi connectivity index (χ1v) is 6.63. The number of aromatic nitrogens is 2. The molecule has 0 spiro atoms. The van der Waals surface area contributed by atoms with Gasteiger partial charge in [-0.1, -0.05) is 6.07 Å². The Hall–Kier alpha value is -2.63. The molecule has 0 saturated heterocycles. The molecule has 21 heavy (non-hydrogen) atoms. The van der Waals surface area contributed by atoms with Crippen LogP contribution in [0.1, 0.15) is 39.0 Å². The Balaban J connectivity index is 2.28. The van der Waals surface area contributed by atoms with Crippen LogP contribution >= 0.6 is 0 Å². The van der Waals surface area contributed by atoms with Gasteiger partial charge in [-0.05, 0) is 38.5 Å². The molecule has 0 aliphatic rings. The molecule has 6 heteroatoms.